The van der Waals surface area contributed by atoms with Crippen LogP contribution in [0, 0.1) is 0 Å². The molecule has 0 rings (SSSR count). The van der Waals surface area contributed by atoms with Crippen molar-refractivity contribution in [2.75, 3.05) is 0 Å². The summed E-state index contributed by atoms with van der Waals surface area (Å²) < 4.78 is 22.2. The molecule has 0 N–H and O–H groups in total. The molecule has 0 heterocycles. The maximum atomic E-state index is 11.7. The van der Waals surface area contributed by atoms with Crippen LogP contribution in [0.15, 0.2) is 0 Å². The summed E-state index contributed by atoms with van der Waals surface area (Å²) in [5.74, 6) is -7.00. The number of ether oxygens (including phenoxy) is 4. The van der Waals surface area contributed by atoms with Crippen LogP contribution in [0.3, 0.4) is 0 Å². The van der Waals surface area contributed by atoms with Crippen molar-refractivity contribution in [1.29, 1.82) is 0 Å². The first-order valence-electron chi connectivity index (χ1n) is 21.1. The van der Waals surface area contributed by atoms with Crippen molar-refractivity contribution >= 4 is 47.0 Å². The molecule has 0 aromatic carbocycles. The second-order valence-corrected chi connectivity index (χ2v) is 15.4. The van der Waals surface area contributed by atoms with E-state index in [1.165, 1.54) is 0 Å². The van der Waals surface area contributed by atoms with Gasteiger partial charge in [-0.2, -0.15) is 0 Å². The van der Waals surface area contributed by atoms with Gasteiger partial charge < -0.3 is 58.6 Å². The number of rotatable bonds is 28. The molecule has 0 bridgehead atoms. The van der Waals surface area contributed by atoms with E-state index in [2.05, 4.69) is 0 Å². The first-order chi connectivity index (χ1) is 27.5. The van der Waals surface area contributed by atoms with Crippen LogP contribution in [0.2, 0.25) is 0 Å². The summed E-state index contributed by atoms with van der Waals surface area (Å²) in [4.78, 5) is 88.5. The number of carboxylic acids is 4. The number of aliphatic carboxylic acids is 4. The molecule has 0 aromatic rings. The Morgan fingerprint density at radius 2 is 0.443 bits per heavy atom. The van der Waals surface area contributed by atoms with Crippen molar-refractivity contribution in [3.05, 3.63) is 0 Å². The number of ketones is 4. The summed E-state index contributed by atoms with van der Waals surface area (Å²) in [5.41, 5.74) is -3.86. The predicted molar refractivity (Wildman–Crippen MR) is 217 cm³/mol. The first kappa shape index (κ1) is 67.2. The fraction of sp³-hybridized carbons (Fsp3) is 0.818. The monoisotopic (exact) mass is 908 g/mol. The molecule has 0 atom stereocenters. The third kappa shape index (κ3) is 26.4. The average Bonchev–Trinajstić information content (AvgIpc) is 3.13. The minimum Gasteiger partial charge on any atom is -0.550 e. The fourth-order valence-corrected chi connectivity index (χ4v) is 6.48. The summed E-state index contributed by atoms with van der Waals surface area (Å²) in [5, 5.41) is 41.5. The van der Waals surface area contributed by atoms with Crippen molar-refractivity contribution < 1.29 is 99.4 Å². The van der Waals surface area contributed by atoms with E-state index in [4.69, 9.17) is 18.9 Å². The van der Waals surface area contributed by atoms with Crippen LogP contribution in [0.5, 0.6) is 0 Å². The SMILES string of the molecule is CCC(CC)(OC(C)C)C(=O)CC(=O)[O-].CCC(CC)(OC(C)C)C(=O)CC(=O)[O-].CCC(CC)(OC(C)C)C(=O)CC(=O)[O-].CCC(CC)(OC(C)C)C(=O)CC(=O)[O-].[Ti+4]. The van der Waals surface area contributed by atoms with Gasteiger partial charge in [0.1, 0.15) is 22.4 Å². The molecule has 0 fully saturated rings. The van der Waals surface area contributed by atoms with Crippen LogP contribution in [-0.2, 0) is 79.0 Å². The minimum atomic E-state index is -1.35. The van der Waals surface area contributed by atoms with E-state index in [1.54, 1.807) is 0 Å². The van der Waals surface area contributed by atoms with Crippen LogP contribution in [0.4, 0.5) is 0 Å². The normalized spacial score (nSPS) is 11.6. The van der Waals surface area contributed by atoms with Gasteiger partial charge in [0.05, 0.1) is 24.4 Å². The average molecular weight is 909 g/mol. The van der Waals surface area contributed by atoms with E-state index < -0.39 is 95.1 Å². The third-order valence-electron chi connectivity index (χ3n) is 9.67. The number of hydrogen-bond donors (Lipinski definition) is 0. The number of hydrogen-bond acceptors (Lipinski definition) is 16. The Morgan fingerprint density at radius 3 is 0.508 bits per heavy atom. The molecule has 0 saturated carbocycles. The molecule has 16 nitrogen and oxygen atoms in total. The van der Waals surface area contributed by atoms with Crippen LogP contribution in [-0.4, -0.2) is 93.8 Å². The van der Waals surface area contributed by atoms with Gasteiger partial charge in [-0.1, -0.05) is 55.4 Å². The Morgan fingerprint density at radius 1 is 0.328 bits per heavy atom. The second kappa shape index (κ2) is 33.6. The summed E-state index contributed by atoms with van der Waals surface area (Å²) >= 11 is 0. The van der Waals surface area contributed by atoms with Crippen molar-refractivity contribution in [2.45, 2.75) is 235 Å². The Balaban J connectivity index is -0.000000227. The molecule has 0 aliphatic carbocycles. The van der Waals surface area contributed by atoms with Gasteiger partial charge in [-0.3, -0.25) is 19.2 Å². The summed E-state index contributed by atoms with van der Waals surface area (Å²) in [6.45, 7) is 29.2. The van der Waals surface area contributed by atoms with Crippen LogP contribution < -0.4 is 20.4 Å². The molecule has 0 amide bonds. The van der Waals surface area contributed by atoms with E-state index in [1.807, 2.05) is 111 Å². The Hall–Kier alpha value is -2.89. The molecule has 0 aromatic heterocycles. The van der Waals surface area contributed by atoms with E-state index >= 15 is 0 Å². The molecule has 0 saturated heterocycles. The van der Waals surface area contributed by atoms with E-state index in [0.29, 0.717) is 51.4 Å². The van der Waals surface area contributed by atoms with Gasteiger partial charge in [0, 0.05) is 49.6 Å². The minimum absolute atomic E-state index is 0. The molecule has 61 heavy (non-hydrogen) atoms. The van der Waals surface area contributed by atoms with Gasteiger partial charge in [-0.15, -0.1) is 0 Å². The molecule has 0 radical (unpaired) electrons. The maximum Gasteiger partial charge on any atom is 4.00 e. The van der Waals surface area contributed by atoms with Gasteiger partial charge >= 0.3 is 21.7 Å². The van der Waals surface area contributed by atoms with Gasteiger partial charge in [0.15, 0.2) is 23.1 Å². The molecule has 0 unspecified atom stereocenters. The van der Waals surface area contributed by atoms with Crippen molar-refractivity contribution in [2.24, 2.45) is 0 Å². The van der Waals surface area contributed by atoms with E-state index in [-0.39, 0.29) is 46.1 Å². The summed E-state index contributed by atoms with van der Waals surface area (Å²) in [6, 6.07) is 0. The van der Waals surface area contributed by atoms with Crippen LogP contribution in [0.1, 0.15) is 188 Å². The van der Waals surface area contributed by atoms with Crippen molar-refractivity contribution in [3.8, 4) is 0 Å². The zero-order valence-electron chi connectivity index (χ0n) is 39.8. The van der Waals surface area contributed by atoms with Crippen LogP contribution >= 0.6 is 0 Å². The summed E-state index contributed by atoms with van der Waals surface area (Å²) in [6.07, 6.45) is 1.13. The number of carboxylic acid groups (broad SMARTS) is 4. The Labute approximate surface area is 379 Å². The fourth-order valence-electron chi connectivity index (χ4n) is 6.48. The molecule has 17 heteroatoms. The van der Waals surface area contributed by atoms with Gasteiger partial charge in [0.25, 0.3) is 0 Å². The number of Topliss-reactive ketones (excluding diaryl/α,β-unsaturated/α-hetero) is 4. The number of carbonyl (C=O) groups excluding carboxylic acids is 8. The molecular formula is C44H76O16Ti. The van der Waals surface area contributed by atoms with Crippen molar-refractivity contribution in [1.82, 2.24) is 0 Å². The smallest absolute Gasteiger partial charge is 0.550 e. The molecule has 0 spiro atoms. The molecular weight excluding hydrogens is 832 g/mol. The zero-order chi connectivity index (χ0) is 48.2. The Kier molecular flexibility index (Phi) is 37.1. The Bertz CT molecular complexity index is 1120. The molecule has 0 aliphatic rings. The second-order valence-electron chi connectivity index (χ2n) is 15.4. The van der Waals surface area contributed by atoms with Crippen molar-refractivity contribution in [3.63, 3.8) is 0 Å². The topological polar surface area (TPSA) is 266 Å². The predicted octanol–water partition coefficient (Wildman–Crippen LogP) is 2.71. The number of carbonyl (C=O) groups is 8. The first-order valence-corrected chi connectivity index (χ1v) is 21.1. The zero-order valence-corrected chi connectivity index (χ0v) is 41.4. The maximum absolute atomic E-state index is 11.7. The van der Waals surface area contributed by atoms with Gasteiger partial charge in [0.2, 0.25) is 0 Å². The van der Waals surface area contributed by atoms with Crippen LogP contribution in [0.25, 0.3) is 0 Å². The van der Waals surface area contributed by atoms with Gasteiger partial charge in [-0.05, 0) is 107 Å². The van der Waals surface area contributed by atoms with Gasteiger partial charge in [-0.25, -0.2) is 0 Å². The molecule has 0 aliphatic heterocycles. The largest absolute Gasteiger partial charge is 4.00 e. The standard InChI is InChI=1S/4C11H20O4.Ti/c4*1-5-11(6-2,15-8(3)4)9(12)7-10(13)14;/h4*8H,5-7H2,1-4H3,(H,13,14);/q;;;;+4/p-4. The molecule has 352 valence electrons. The van der Waals surface area contributed by atoms with E-state index in [0.717, 1.165) is 0 Å². The summed E-state index contributed by atoms with van der Waals surface area (Å²) in [7, 11) is 0. The quantitative estimate of drug-likeness (QED) is 0.0807. The van der Waals surface area contributed by atoms with E-state index in [9.17, 15) is 58.8 Å². The third-order valence-corrected chi connectivity index (χ3v) is 9.67.